The van der Waals surface area contributed by atoms with Crippen molar-refractivity contribution in [3.63, 3.8) is 0 Å². The van der Waals surface area contributed by atoms with Gasteiger partial charge >= 0.3 is 0 Å². The SMILES string of the molecule is Brc1ccc2c(c1)CN1CN2Cc2cc(-c3nc4c(n3-c3ccccc3)-c3cccc5cccc-4c35)ccc21. The summed E-state index contributed by atoms with van der Waals surface area (Å²) in [6, 6.07) is 37.4. The number of fused-ring (bicyclic) bond motifs is 9. The Bertz CT molecular complexity index is 1970. The molecule has 4 nitrogen and oxygen atoms in total. The van der Waals surface area contributed by atoms with Gasteiger partial charge in [0.25, 0.3) is 0 Å². The van der Waals surface area contributed by atoms with E-state index < -0.39 is 0 Å². The minimum absolute atomic E-state index is 0.891. The Morgan fingerprint density at radius 1 is 0.667 bits per heavy atom. The summed E-state index contributed by atoms with van der Waals surface area (Å²) in [5.41, 5.74) is 12.4. The van der Waals surface area contributed by atoms with E-state index in [1.54, 1.807) is 0 Å². The molecular formula is C34H23BrN4. The van der Waals surface area contributed by atoms with Crippen molar-refractivity contribution in [2.24, 2.45) is 0 Å². The summed E-state index contributed by atoms with van der Waals surface area (Å²) in [5, 5.41) is 2.57. The van der Waals surface area contributed by atoms with Gasteiger partial charge in [-0.2, -0.15) is 0 Å². The Kier molecular flexibility index (Phi) is 4.33. The number of hydrogen-bond acceptors (Lipinski definition) is 3. The monoisotopic (exact) mass is 566 g/mol. The maximum Gasteiger partial charge on any atom is 0.145 e. The van der Waals surface area contributed by atoms with E-state index in [1.807, 2.05) is 0 Å². The molecule has 0 spiro atoms. The van der Waals surface area contributed by atoms with Gasteiger partial charge < -0.3 is 9.80 Å². The number of halogens is 1. The first kappa shape index (κ1) is 21.6. The molecule has 1 aliphatic carbocycles. The normalized spacial score (nSPS) is 14.4. The van der Waals surface area contributed by atoms with Gasteiger partial charge in [-0.3, -0.25) is 4.57 Å². The van der Waals surface area contributed by atoms with E-state index >= 15 is 0 Å². The molecule has 2 bridgehead atoms. The van der Waals surface area contributed by atoms with Crippen molar-refractivity contribution in [2.45, 2.75) is 13.1 Å². The van der Waals surface area contributed by atoms with Gasteiger partial charge in [-0.15, -0.1) is 0 Å². The Balaban J connectivity index is 1.23. The van der Waals surface area contributed by atoms with E-state index in [1.165, 1.54) is 50.1 Å². The van der Waals surface area contributed by atoms with E-state index in [0.29, 0.717) is 0 Å². The molecule has 9 rings (SSSR count). The van der Waals surface area contributed by atoms with Crippen LogP contribution in [0.1, 0.15) is 11.1 Å². The summed E-state index contributed by atoms with van der Waals surface area (Å²) in [6.45, 7) is 2.74. The fourth-order valence-electron chi connectivity index (χ4n) is 6.80. The van der Waals surface area contributed by atoms with Crippen LogP contribution in [0.4, 0.5) is 11.4 Å². The van der Waals surface area contributed by atoms with Crippen molar-refractivity contribution in [3.8, 4) is 39.6 Å². The second-order valence-corrected chi connectivity index (χ2v) is 11.6. The standard InChI is InChI=1S/C34H23BrN4/c35-25-13-15-30-24(17-25)19-38-20-37(30)18-23-16-22(12-14-29(23)38)34-36-32-27-10-4-6-21-7-5-11-28(31(21)27)33(32)39(34)26-8-2-1-3-9-26/h1-17H,18-20H2. The lowest BCUT2D eigenvalue weighted by Gasteiger charge is -2.45. The molecule has 0 saturated heterocycles. The number of para-hydroxylation sites is 1. The molecule has 0 fully saturated rings. The molecule has 0 unspecified atom stereocenters. The first-order chi connectivity index (χ1) is 19.2. The highest BCUT2D eigenvalue weighted by Crippen LogP contribution is 2.50. The van der Waals surface area contributed by atoms with Crippen molar-refractivity contribution >= 4 is 38.1 Å². The van der Waals surface area contributed by atoms with Crippen LogP contribution in [-0.2, 0) is 13.1 Å². The summed E-state index contributed by atoms with van der Waals surface area (Å²) < 4.78 is 3.50. The Morgan fingerprint density at radius 2 is 1.38 bits per heavy atom. The Labute approximate surface area is 234 Å². The molecule has 0 saturated carbocycles. The number of aromatic nitrogens is 2. The minimum Gasteiger partial charge on any atom is -0.349 e. The molecule has 1 aromatic heterocycles. The fraction of sp³-hybridized carbons (Fsp3) is 0.0882. The smallest absolute Gasteiger partial charge is 0.145 e. The third-order valence-electron chi connectivity index (χ3n) is 8.43. The van der Waals surface area contributed by atoms with Crippen LogP contribution in [0.15, 0.2) is 108 Å². The van der Waals surface area contributed by atoms with Gasteiger partial charge in [0.1, 0.15) is 5.82 Å². The molecule has 39 heavy (non-hydrogen) atoms. The highest BCUT2D eigenvalue weighted by Gasteiger charge is 2.32. The first-order valence-electron chi connectivity index (χ1n) is 13.4. The lowest BCUT2D eigenvalue weighted by atomic mass is 9.99. The molecule has 0 atom stereocenters. The van der Waals surface area contributed by atoms with Gasteiger partial charge in [-0.25, -0.2) is 4.98 Å². The molecular weight excluding hydrogens is 544 g/mol. The lowest BCUT2D eigenvalue weighted by molar-refractivity contribution is 0.651. The van der Waals surface area contributed by atoms with Crippen LogP contribution in [0.3, 0.4) is 0 Å². The van der Waals surface area contributed by atoms with E-state index in [0.717, 1.165) is 47.0 Å². The molecule has 0 radical (unpaired) electrons. The van der Waals surface area contributed by atoms with Crippen LogP contribution in [0.25, 0.3) is 50.4 Å². The summed E-state index contributed by atoms with van der Waals surface area (Å²) in [7, 11) is 0. The van der Waals surface area contributed by atoms with Gasteiger partial charge in [-0.05, 0) is 65.0 Å². The second kappa shape index (κ2) is 7.84. The number of imidazole rings is 1. The van der Waals surface area contributed by atoms with Crippen molar-refractivity contribution in [1.82, 2.24) is 9.55 Å². The molecule has 5 heteroatoms. The summed E-state index contributed by atoms with van der Waals surface area (Å²) in [4.78, 5) is 10.3. The zero-order valence-electron chi connectivity index (χ0n) is 21.1. The average Bonchev–Trinajstić information content (AvgIpc) is 3.50. The summed E-state index contributed by atoms with van der Waals surface area (Å²) in [5.74, 6) is 0.991. The second-order valence-electron chi connectivity index (χ2n) is 10.7. The van der Waals surface area contributed by atoms with E-state index in [-0.39, 0.29) is 0 Å². The van der Waals surface area contributed by atoms with Gasteiger partial charge in [0.2, 0.25) is 0 Å². The van der Waals surface area contributed by atoms with Crippen molar-refractivity contribution in [1.29, 1.82) is 0 Å². The van der Waals surface area contributed by atoms with Crippen LogP contribution in [0.2, 0.25) is 0 Å². The number of nitrogens with zero attached hydrogens (tertiary/aromatic N) is 4. The van der Waals surface area contributed by atoms with Gasteiger partial charge in [-0.1, -0.05) is 70.5 Å². The molecule has 0 amide bonds. The topological polar surface area (TPSA) is 24.3 Å². The maximum absolute atomic E-state index is 5.37. The van der Waals surface area contributed by atoms with Crippen LogP contribution < -0.4 is 9.80 Å². The lowest BCUT2D eigenvalue weighted by Crippen LogP contribution is -2.46. The molecule has 0 N–H and O–H groups in total. The van der Waals surface area contributed by atoms with Crippen LogP contribution in [0.5, 0.6) is 0 Å². The van der Waals surface area contributed by atoms with Crippen molar-refractivity contribution < 1.29 is 0 Å². The van der Waals surface area contributed by atoms with Crippen LogP contribution >= 0.6 is 15.9 Å². The predicted molar refractivity (Wildman–Crippen MR) is 162 cm³/mol. The van der Waals surface area contributed by atoms with Crippen molar-refractivity contribution in [2.75, 3.05) is 16.5 Å². The average molecular weight is 567 g/mol. The minimum atomic E-state index is 0.891. The third-order valence-corrected chi connectivity index (χ3v) is 8.92. The summed E-state index contributed by atoms with van der Waals surface area (Å²) in [6.07, 6.45) is 0. The molecule has 5 aromatic carbocycles. The molecule has 2 aliphatic heterocycles. The predicted octanol–water partition coefficient (Wildman–Crippen LogP) is 8.40. The van der Waals surface area contributed by atoms with E-state index in [9.17, 15) is 0 Å². The zero-order chi connectivity index (χ0) is 25.7. The Morgan fingerprint density at radius 3 is 2.18 bits per heavy atom. The fourth-order valence-corrected chi connectivity index (χ4v) is 7.21. The third kappa shape index (κ3) is 3.02. The number of hydrogen-bond donors (Lipinski definition) is 0. The van der Waals surface area contributed by atoms with Gasteiger partial charge in [0, 0.05) is 56.7 Å². The largest absolute Gasteiger partial charge is 0.349 e. The molecule has 3 heterocycles. The molecule has 3 aliphatic rings. The van der Waals surface area contributed by atoms with E-state index in [2.05, 4.69) is 133 Å². The van der Waals surface area contributed by atoms with Crippen LogP contribution in [0, 0.1) is 0 Å². The first-order valence-corrected chi connectivity index (χ1v) is 14.1. The van der Waals surface area contributed by atoms with Gasteiger partial charge in [0.15, 0.2) is 0 Å². The number of anilines is 2. The number of rotatable bonds is 2. The maximum atomic E-state index is 5.37. The molecule has 6 aromatic rings. The quantitative estimate of drug-likeness (QED) is 0.210. The number of benzene rings is 5. The highest BCUT2D eigenvalue weighted by atomic mass is 79.9. The van der Waals surface area contributed by atoms with Crippen molar-refractivity contribution in [3.05, 3.63) is 119 Å². The van der Waals surface area contributed by atoms with Gasteiger partial charge in [0.05, 0.1) is 18.1 Å². The van der Waals surface area contributed by atoms with Crippen LogP contribution in [-0.4, -0.2) is 16.2 Å². The zero-order valence-corrected chi connectivity index (χ0v) is 22.7. The van der Waals surface area contributed by atoms with E-state index in [4.69, 9.17) is 4.98 Å². The molecule has 186 valence electrons. The Hall–Kier alpha value is -4.35. The highest BCUT2D eigenvalue weighted by molar-refractivity contribution is 9.10. The summed E-state index contributed by atoms with van der Waals surface area (Å²) >= 11 is 3.65.